The summed E-state index contributed by atoms with van der Waals surface area (Å²) in [6.07, 6.45) is 2.19. The van der Waals surface area contributed by atoms with E-state index in [-0.39, 0.29) is 23.7 Å². The predicted molar refractivity (Wildman–Crippen MR) is 93.7 cm³/mol. The third-order valence-corrected chi connectivity index (χ3v) is 4.74. The lowest BCUT2D eigenvalue weighted by atomic mass is 10.2. The maximum absolute atomic E-state index is 13.2. The van der Waals surface area contributed by atoms with E-state index < -0.39 is 0 Å². The molecular formula is C18H25FN4O2. The first-order valence-corrected chi connectivity index (χ1v) is 8.83. The second-order valence-corrected chi connectivity index (χ2v) is 6.83. The molecule has 1 aliphatic carbocycles. The van der Waals surface area contributed by atoms with Crippen LogP contribution < -0.4 is 10.6 Å². The third kappa shape index (κ3) is 5.24. The summed E-state index contributed by atoms with van der Waals surface area (Å²) in [7, 11) is 0. The van der Waals surface area contributed by atoms with Crippen LogP contribution in [0.5, 0.6) is 0 Å². The van der Waals surface area contributed by atoms with E-state index in [1.165, 1.54) is 12.1 Å². The molecule has 2 aliphatic rings. The molecule has 1 aliphatic heterocycles. The average molecular weight is 348 g/mol. The summed E-state index contributed by atoms with van der Waals surface area (Å²) in [5.41, 5.74) is 0.465. The van der Waals surface area contributed by atoms with Crippen LogP contribution in [0.15, 0.2) is 24.3 Å². The lowest BCUT2D eigenvalue weighted by Gasteiger charge is -2.37. The number of hydrogen-bond donors (Lipinski definition) is 2. The number of amides is 2. The van der Waals surface area contributed by atoms with Crippen LogP contribution in [0.2, 0.25) is 0 Å². The van der Waals surface area contributed by atoms with Crippen LogP contribution in [0.4, 0.5) is 10.1 Å². The van der Waals surface area contributed by atoms with Crippen molar-refractivity contribution < 1.29 is 14.0 Å². The monoisotopic (exact) mass is 348 g/mol. The zero-order chi connectivity index (χ0) is 17.8. The molecule has 1 saturated carbocycles. The van der Waals surface area contributed by atoms with Crippen molar-refractivity contribution in [3.8, 4) is 0 Å². The Labute approximate surface area is 147 Å². The second kappa shape index (κ2) is 7.93. The lowest BCUT2D eigenvalue weighted by Crippen LogP contribution is -2.54. The number of nitrogens with one attached hydrogen (secondary N) is 2. The van der Waals surface area contributed by atoms with Gasteiger partial charge in [-0.2, -0.15) is 0 Å². The van der Waals surface area contributed by atoms with Crippen molar-refractivity contribution in [1.82, 2.24) is 15.1 Å². The minimum atomic E-state index is -0.372. The molecule has 0 bridgehead atoms. The van der Waals surface area contributed by atoms with Gasteiger partial charge in [0.05, 0.1) is 12.6 Å². The van der Waals surface area contributed by atoms with Crippen LogP contribution in [0.25, 0.3) is 0 Å². The highest BCUT2D eigenvalue weighted by Crippen LogP contribution is 2.18. The van der Waals surface area contributed by atoms with Gasteiger partial charge in [0.1, 0.15) is 5.82 Å². The molecule has 1 aromatic carbocycles. The first kappa shape index (κ1) is 17.8. The summed E-state index contributed by atoms with van der Waals surface area (Å²) >= 11 is 0. The summed E-state index contributed by atoms with van der Waals surface area (Å²) in [4.78, 5) is 28.4. The average Bonchev–Trinajstić information content (AvgIpc) is 3.38. The van der Waals surface area contributed by atoms with E-state index in [1.54, 1.807) is 12.1 Å². The number of benzene rings is 1. The van der Waals surface area contributed by atoms with E-state index in [0.717, 1.165) is 39.0 Å². The van der Waals surface area contributed by atoms with Gasteiger partial charge in [0.15, 0.2) is 0 Å². The van der Waals surface area contributed by atoms with E-state index in [2.05, 4.69) is 20.4 Å². The quantitative estimate of drug-likeness (QED) is 0.807. The second-order valence-electron chi connectivity index (χ2n) is 6.83. The van der Waals surface area contributed by atoms with Crippen LogP contribution in [-0.4, -0.2) is 66.4 Å². The van der Waals surface area contributed by atoms with E-state index in [1.807, 2.05) is 6.92 Å². The molecule has 0 aromatic heterocycles. The van der Waals surface area contributed by atoms with Crippen LogP contribution in [0.3, 0.4) is 0 Å². The summed E-state index contributed by atoms with van der Waals surface area (Å²) in [6.45, 7) is 5.26. The molecule has 0 unspecified atom stereocenters. The molecule has 3 rings (SSSR count). The maximum Gasteiger partial charge on any atom is 0.241 e. The topological polar surface area (TPSA) is 64.7 Å². The molecule has 0 radical (unpaired) electrons. The fraction of sp³-hybridized carbons (Fsp3) is 0.556. The Morgan fingerprint density at radius 2 is 1.96 bits per heavy atom. The molecule has 25 heavy (non-hydrogen) atoms. The number of nitrogens with zero attached hydrogens (tertiary/aromatic N) is 2. The van der Waals surface area contributed by atoms with Crippen LogP contribution in [0.1, 0.15) is 19.8 Å². The van der Waals surface area contributed by atoms with Gasteiger partial charge in [-0.25, -0.2) is 4.39 Å². The summed E-state index contributed by atoms with van der Waals surface area (Å²) in [6, 6.07) is 5.98. The van der Waals surface area contributed by atoms with Crippen molar-refractivity contribution in [2.24, 2.45) is 0 Å². The van der Waals surface area contributed by atoms with Gasteiger partial charge in [0.25, 0.3) is 0 Å². The Balaban J connectivity index is 1.43. The Hall–Kier alpha value is -1.99. The molecule has 2 N–H and O–H groups in total. The smallest absolute Gasteiger partial charge is 0.241 e. The standard InChI is InChI=1S/C18H25FN4O2/c1-13(18(25)21-16-4-2-3-14(19)11-16)23-9-7-22(8-10-23)12-17(24)20-15-5-6-15/h2-4,11,13,15H,5-10,12H2,1H3,(H,20,24)(H,21,25)/t13-/m1/s1. The highest BCUT2D eigenvalue weighted by atomic mass is 19.1. The molecule has 7 heteroatoms. The molecule has 136 valence electrons. The zero-order valence-corrected chi connectivity index (χ0v) is 14.5. The molecule has 1 heterocycles. The molecular weight excluding hydrogens is 323 g/mol. The summed E-state index contributed by atoms with van der Waals surface area (Å²) in [5.74, 6) is -0.429. The van der Waals surface area contributed by atoms with E-state index in [0.29, 0.717) is 18.3 Å². The Morgan fingerprint density at radius 1 is 1.24 bits per heavy atom. The highest BCUT2D eigenvalue weighted by Gasteiger charge is 2.28. The number of hydrogen-bond acceptors (Lipinski definition) is 4. The molecule has 2 fully saturated rings. The fourth-order valence-corrected chi connectivity index (χ4v) is 2.99. The van der Waals surface area contributed by atoms with Gasteiger partial charge in [0.2, 0.25) is 11.8 Å². The largest absolute Gasteiger partial charge is 0.352 e. The fourth-order valence-electron chi connectivity index (χ4n) is 2.99. The number of halogens is 1. The first-order chi connectivity index (χ1) is 12.0. The van der Waals surface area contributed by atoms with Gasteiger partial charge in [-0.1, -0.05) is 6.07 Å². The van der Waals surface area contributed by atoms with E-state index in [9.17, 15) is 14.0 Å². The van der Waals surface area contributed by atoms with Crippen LogP contribution in [-0.2, 0) is 9.59 Å². The van der Waals surface area contributed by atoms with E-state index in [4.69, 9.17) is 0 Å². The van der Waals surface area contributed by atoms with Gasteiger partial charge in [-0.05, 0) is 38.0 Å². The molecule has 1 aromatic rings. The molecule has 2 amide bonds. The van der Waals surface area contributed by atoms with Crippen molar-refractivity contribution in [3.63, 3.8) is 0 Å². The van der Waals surface area contributed by atoms with Gasteiger partial charge >= 0.3 is 0 Å². The SMILES string of the molecule is C[C@H](C(=O)Nc1cccc(F)c1)N1CCN(CC(=O)NC2CC2)CC1. The van der Waals surface area contributed by atoms with Gasteiger partial charge < -0.3 is 10.6 Å². The Kier molecular flexibility index (Phi) is 5.65. The van der Waals surface area contributed by atoms with Crippen molar-refractivity contribution >= 4 is 17.5 Å². The van der Waals surface area contributed by atoms with Gasteiger partial charge in [-0.3, -0.25) is 19.4 Å². The van der Waals surface area contributed by atoms with Crippen molar-refractivity contribution in [2.45, 2.75) is 31.8 Å². The minimum Gasteiger partial charge on any atom is -0.352 e. The van der Waals surface area contributed by atoms with Gasteiger partial charge in [-0.15, -0.1) is 0 Å². The predicted octanol–water partition coefficient (Wildman–Crippen LogP) is 1.05. The molecule has 1 atom stereocenters. The Bertz CT molecular complexity index is 627. The van der Waals surface area contributed by atoms with Crippen LogP contribution >= 0.6 is 0 Å². The maximum atomic E-state index is 13.2. The number of piperazine rings is 1. The van der Waals surface area contributed by atoms with Crippen molar-refractivity contribution in [2.75, 3.05) is 38.0 Å². The van der Waals surface area contributed by atoms with Gasteiger partial charge in [0, 0.05) is 37.9 Å². The normalized spacial score (nSPS) is 20.1. The summed E-state index contributed by atoms with van der Waals surface area (Å²) < 4.78 is 13.2. The molecule has 0 spiro atoms. The summed E-state index contributed by atoms with van der Waals surface area (Å²) in [5, 5.41) is 5.75. The number of carbonyl (C=O) groups excluding carboxylic acids is 2. The number of rotatable bonds is 6. The van der Waals surface area contributed by atoms with E-state index >= 15 is 0 Å². The van der Waals surface area contributed by atoms with Crippen LogP contribution in [0, 0.1) is 5.82 Å². The number of carbonyl (C=O) groups is 2. The minimum absolute atomic E-state index is 0.0906. The number of anilines is 1. The lowest BCUT2D eigenvalue weighted by molar-refractivity contribution is -0.124. The first-order valence-electron chi connectivity index (χ1n) is 8.83. The third-order valence-electron chi connectivity index (χ3n) is 4.74. The molecule has 1 saturated heterocycles. The highest BCUT2D eigenvalue weighted by molar-refractivity contribution is 5.94. The van der Waals surface area contributed by atoms with Crippen molar-refractivity contribution in [3.05, 3.63) is 30.1 Å². The molecule has 6 nitrogen and oxygen atoms in total. The Morgan fingerprint density at radius 3 is 2.60 bits per heavy atom. The zero-order valence-electron chi connectivity index (χ0n) is 14.5. The van der Waals surface area contributed by atoms with Crippen molar-refractivity contribution in [1.29, 1.82) is 0 Å².